The SMILES string of the molecule is CC(O)CC1CCOC2(CCSCC2)C1. The highest BCUT2D eigenvalue weighted by Gasteiger charge is 2.38. The predicted octanol–water partition coefficient (Wildman–Crippen LogP) is 2.45. The second kappa shape index (κ2) is 5.07. The molecule has 0 aliphatic carbocycles. The van der Waals surface area contributed by atoms with E-state index < -0.39 is 0 Å². The average molecular weight is 230 g/mol. The summed E-state index contributed by atoms with van der Waals surface area (Å²) in [6, 6.07) is 0. The number of rotatable bonds is 2. The molecule has 0 aromatic heterocycles. The van der Waals surface area contributed by atoms with Gasteiger partial charge in [-0.05, 0) is 56.5 Å². The van der Waals surface area contributed by atoms with Gasteiger partial charge in [0.15, 0.2) is 0 Å². The van der Waals surface area contributed by atoms with Crippen LogP contribution in [0.3, 0.4) is 0 Å². The van der Waals surface area contributed by atoms with Crippen LogP contribution in [0.1, 0.15) is 39.0 Å². The fourth-order valence-corrected chi connectivity index (χ4v) is 4.14. The van der Waals surface area contributed by atoms with Gasteiger partial charge < -0.3 is 9.84 Å². The van der Waals surface area contributed by atoms with Crippen LogP contribution in [0.15, 0.2) is 0 Å². The molecule has 0 amide bonds. The summed E-state index contributed by atoms with van der Waals surface area (Å²) in [6.07, 6.45) is 5.56. The summed E-state index contributed by atoms with van der Waals surface area (Å²) in [5, 5.41) is 9.45. The molecule has 2 saturated heterocycles. The topological polar surface area (TPSA) is 29.5 Å². The van der Waals surface area contributed by atoms with Gasteiger partial charge in [-0.2, -0.15) is 11.8 Å². The molecule has 2 fully saturated rings. The Morgan fingerprint density at radius 3 is 2.87 bits per heavy atom. The van der Waals surface area contributed by atoms with Crippen LogP contribution in [0, 0.1) is 5.92 Å². The Hall–Kier alpha value is 0.270. The van der Waals surface area contributed by atoms with Crippen molar-refractivity contribution in [1.29, 1.82) is 0 Å². The standard InChI is InChI=1S/C12H22O2S/c1-10(13)8-11-2-5-14-12(9-11)3-6-15-7-4-12/h10-11,13H,2-9H2,1H3. The molecule has 88 valence electrons. The first-order valence-electron chi connectivity index (χ1n) is 6.10. The molecule has 15 heavy (non-hydrogen) atoms. The largest absolute Gasteiger partial charge is 0.393 e. The van der Waals surface area contributed by atoms with Crippen molar-refractivity contribution in [1.82, 2.24) is 0 Å². The maximum atomic E-state index is 9.45. The van der Waals surface area contributed by atoms with Crippen LogP contribution in [0.2, 0.25) is 0 Å². The quantitative estimate of drug-likeness (QED) is 0.790. The summed E-state index contributed by atoms with van der Waals surface area (Å²) >= 11 is 2.05. The molecule has 2 rings (SSSR count). The summed E-state index contributed by atoms with van der Waals surface area (Å²) < 4.78 is 6.02. The van der Waals surface area contributed by atoms with E-state index in [2.05, 4.69) is 0 Å². The van der Waals surface area contributed by atoms with Crippen LogP contribution in [0.4, 0.5) is 0 Å². The minimum atomic E-state index is -0.150. The van der Waals surface area contributed by atoms with Crippen molar-refractivity contribution in [3.8, 4) is 0 Å². The molecule has 2 heterocycles. The Kier molecular flexibility index (Phi) is 3.97. The van der Waals surface area contributed by atoms with Crippen LogP contribution in [-0.4, -0.2) is 34.9 Å². The van der Waals surface area contributed by atoms with Gasteiger partial charge in [0, 0.05) is 6.61 Å². The summed E-state index contributed by atoms with van der Waals surface area (Å²) in [6.45, 7) is 2.81. The smallest absolute Gasteiger partial charge is 0.0701 e. The summed E-state index contributed by atoms with van der Waals surface area (Å²) in [4.78, 5) is 0. The number of aliphatic hydroxyl groups excluding tert-OH is 1. The second-order valence-corrected chi connectivity index (χ2v) is 6.31. The lowest BCUT2D eigenvalue weighted by atomic mass is 9.80. The van der Waals surface area contributed by atoms with E-state index in [1.807, 2.05) is 18.7 Å². The van der Waals surface area contributed by atoms with E-state index in [1.54, 1.807) is 0 Å². The van der Waals surface area contributed by atoms with Crippen molar-refractivity contribution in [2.45, 2.75) is 50.7 Å². The fraction of sp³-hybridized carbons (Fsp3) is 1.00. The predicted molar refractivity (Wildman–Crippen MR) is 64.3 cm³/mol. The third kappa shape index (κ3) is 3.11. The van der Waals surface area contributed by atoms with Gasteiger partial charge in [0.2, 0.25) is 0 Å². The fourth-order valence-electron chi connectivity index (χ4n) is 2.90. The van der Waals surface area contributed by atoms with Crippen molar-refractivity contribution in [3.05, 3.63) is 0 Å². The zero-order valence-electron chi connectivity index (χ0n) is 9.58. The Labute approximate surface area is 96.8 Å². The monoisotopic (exact) mass is 230 g/mol. The number of hydrogen-bond acceptors (Lipinski definition) is 3. The molecule has 0 aromatic carbocycles. The van der Waals surface area contributed by atoms with Crippen LogP contribution < -0.4 is 0 Å². The molecule has 2 unspecified atom stereocenters. The Morgan fingerprint density at radius 2 is 2.20 bits per heavy atom. The molecule has 1 spiro atoms. The zero-order chi connectivity index (χ0) is 10.7. The van der Waals surface area contributed by atoms with Crippen molar-refractivity contribution >= 4 is 11.8 Å². The Morgan fingerprint density at radius 1 is 1.47 bits per heavy atom. The first kappa shape index (κ1) is 11.7. The van der Waals surface area contributed by atoms with Gasteiger partial charge in [0.25, 0.3) is 0 Å². The van der Waals surface area contributed by atoms with Gasteiger partial charge in [-0.15, -0.1) is 0 Å². The average Bonchev–Trinajstić information content (AvgIpc) is 2.17. The van der Waals surface area contributed by atoms with Crippen LogP contribution >= 0.6 is 11.8 Å². The number of ether oxygens (including phenoxy) is 1. The molecule has 1 N–H and O–H groups in total. The minimum absolute atomic E-state index is 0.150. The lowest BCUT2D eigenvalue weighted by molar-refractivity contribution is -0.106. The first-order valence-corrected chi connectivity index (χ1v) is 7.25. The highest BCUT2D eigenvalue weighted by molar-refractivity contribution is 7.99. The molecular weight excluding hydrogens is 208 g/mol. The van der Waals surface area contributed by atoms with Gasteiger partial charge in [-0.3, -0.25) is 0 Å². The first-order chi connectivity index (χ1) is 7.20. The van der Waals surface area contributed by atoms with Gasteiger partial charge >= 0.3 is 0 Å². The number of hydrogen-bond donors (Lipinski definition) is 1. The molecule has 0 aromatic rings. The summed E-state index contributed by atoms with van der Waals surface area (Å²) in [7, 11) is 0. The molecule has 2 atom stereocenters. The normalized spacial score (nSPS) is 32.8. The lowest BCUT2D eigenvalue weighted by Gasteiger charge is -2.43. The van der Waals surface area contributed by atoms with Gasteiger partial charge in [0.1, 0.15) is 0 Å². The Balaban J connectivity index is 1.90. The van der Waals surface area contributed by atoms with E-state index in [-0.39, 0.29) is 11.7 Å². The maximum absolute atomic E-state index is 9.45. The molecule has 0 saturated carbocycles. The van der Waals surface area contributed by atoms with Crippen LogP contribution in [0.25, 0.3) is 0 Å². The van der Waals surface area contributed by atoms with E-state index in [4.69, 9.17) is 4.74 Å². The molecule has 0 radical (unpaired) electrons. The Bertz CT molecular complexity index is 194. The van der Waals surface area contributed by atoms with Crippen molar-refractivity contribution in [2.24, 2.45) is 5.92 Å². The van der Waals surface area contributed by atoms with Crippen molar-refractivity contribution in [3.63, 3.8) is 0 Å². The summed E-state index contributed by atoms with van der Waals surface area (Å²) in [5.74, 6) is 3.19. The lowest BCUT2D eigenvalue weighted by Crippen LogP contribution is -2.43. The molecule has 2 aliphatic rings. The molecule has 2 nitrogen and oxygen atoms in total. The van der Waals surface area contributed by atoms with E-state index >= 15 is 0 Å². The molecule has 3 heteroatoms. The highest BCUT2D eigenvalue weighted by atomic mass is 32.2. The van der Waals surface area contributed by atoms with Gasteiger partial charge in [-0.25, -0.2) is 0 Å². The zero-order valence-corrected chi connectivity index (χ0v) is 10.4. The van der Waals surface area contributed by atoms with Crippen molar-refractivity contribution < 1.29 is 9.84 Å². The maximum Gasteiger partial charge on any atom is 0.0701 e. The van der Waals surface area contributed by atoms with Gasteiger partial charge in [-0.1, -0.05) is 0 Å². The third-order valence-electron chi connectivity index (χ3n) is 3.67. The van der Waals surface area contributed by atoms with E-state index in [0.717, 1.165) is 19.4 Å². The third-order valence-corrected chi connectivity index (χ3v) is 4.66. The molecule has 2 aliphatic heterocycles. The second-order valence-electron chi connectivity index (χ2n) is 5.09. The van der Waals surface area contributed by atoms with Crippen LogP contribution in [-0.2, 0) is 4.74 Å². The molecule has 0 bridgehead atoms. The van der Waals surface area contributed by atoms with Crippen molar-refractivity contribution in [2.75, 3.05) is 18.1 Å². The summed E-state index contributed by atoms with van der Waals surface area (Å²) in [5.41, 5.74) is 0.184. The van der Waals surface area contributed by atoms with E-state index in [0.29, 0.717) is 5.92 Å². The van der Waals surface area contributed by atoms with Gasteiger partial charge in [0.05, 0.1) is 11.7 Å². The number of thioether (sulfide) groups is 1. The minimum Gasteiger partial charge on any atom is -0.393 e. The molecular formula is C12H22O2S. The van der Waals surface area contributed by atoms with Crippen LogP contribution in [0.5, 0.6) is 0 Å². The van der Waals surface area contributed by atoms with E-state index in [9.17, 15) is 5.11 Å². The van der Waals surface area contributed by atoms with E-state index in [1.165, 1.54) is 30.8 Å². The highest BCUT2D eigenvalue weighted by Crippen LogP contribution is 2.40. The number of aliphatic hydroxyl groups is 1.